The van der Waals surface area contributed by atoms with Crippen molar-refractivity contribution in [3.63, 3.8) is 0 Å². The number of hydrogen-bond acceptors (Lipinski definition) is 4. The molecule has 1 unspecified atom stereocenters. The zero-order chi connectivity index (χ0) is 18.4. The van der Waals surface area contributed by atoms with Gasteiger partial charge in [0.2, 0.25) is 0 Å². The van der Waals surface area contributed by atoms with Crippen LogP contribution in [0.25, 0.3) is 0 Å². The molecular formula is C19H23NO4S. The lowest BCUT2D eigenvalue weighted by molar-refractivity contribution is 0.0616. The van der Waals surface area contributed by atoms with E-state index in [1.165, 1.54) is 6.26 Å². The Morgan fingerprint density at radius 1 is 1.08 bits per heavy atom. The van der Waals surface area contributed by atoms with Crippen LogP contribution in [0, 0.1) is 0 Å². The highest BCUT2D eigenvalue weighted by atomic mass is 32.2. The zero-order valence-corrected chi connectivity index (χ0v) is 15.5. The Kier molecular flexibility index (Phi) is 6.33. The van der Waals surface area contributed by atoms with E-state index >= 15 is 0 Å². The molecule has 2 aromatic rings. The molecule has 134 valence electrons. The smallest absolute Gasteiger partial charge is 0.254 e. The minimum absolute atomic E-state index is 0.0858. The van der Waals surface area contributed by atoms with Gasteiger partial charge < -0.3 is 9.64 Å². The maximum atomic E-state index is 12.9. The van der Waals surface area contributed by atoms with Crippen LogP contribution >= 0.6 is 0 Å². The summed E-state index contributed by atoms with van der Waals surface area (Å²) in [7, 11) is -1.65. The maximum absolute atomic E-state index is 12.9. The molecule has 5 nitrogen and oxygen atoms in total. The molecule has 2 rings (SSSR count). The molecule has 0 saturated carbocycles. The van der Waals surface area contributed by atoms with Crippen molar-refractivity contribution in [1.82, 2.24) is 4.90 Å². The molecule has 0 fully saturated rings. The van der Waals surface area contributed by atoms with E-state index in [-0.39, 0.29) is 16.8 Å². The third-order valence-corrected chi connectivity index (χ3v) is 5.20. The van der Waals surface area contributed by atoms with Crippen LogP contribution in [-0.4, -0.2) is 45.7 Å². The molecule has 0 aliphatic heterocycles. The zero-order valence-electron chi connectivity index (χ0n) is 14.7. The number of benzene rings is 2. The average Bonchev–Trinajstić information content (AvgIpc) is 2.61. The first-order valence-corrected chi connectivity index (χ1v) is 9.88. The van der Waals surface area contributed by atoms with Gasteiger partial charge in [-0.1, -0.05) is 30.3 Å². The van der Waals surface area contributed by atoms with Crippen LogP contribution in [0.15, 0.2) is 59.5 Å². The second kappa shape index (κ2) is 8.27. The molecule has 0 spiro atoms. The van der Waals surface area contributed by atoms with Crippen LogP contribution in [-0.2, 0) is 14.6 Å². The summed E-state index contributed by atoms with van der Waals surface area (Å²) in [5.41, 5.74) is 1.48. The molecule has 0 bridgehead atoms. The van der Waals surface area contributed by atoms with Gasteiger partial charge in [0.1, 0.15) is 0 Å². The summed E-state index contributed by atoms with van der Waals surface area (Å²) in [5.74, 6) is -0.0858. The Hall–Kier alpha value is -2.18. The summed E-state index contributed by atoms with van der Waals surface area (Å²) in [6, 6.07) is 15.5. The summed E-state index contributed by atoms with van der Waals surface area (Å²) < 4.78 is 28.3. The van der Waals surface area contributed by atoms with Crippen molar-refractivity contribution in [2.24, 2.45) is 0 Å². The Balaban J connectivity index is 2.29. The predicted molar refractivity (Wildman–Crippen MR) is 97.3 cm³/mol. The summed E-state index contributed by atoms with van der Waals surface area (Å²) in [5, 5.41) is 0. The van der Waals surface area contributed by atoms with Crippen molar-refractivity contribution in [2.45, 2.75) is 17.9 Å². The van der Waals surface area contributed by atoms with E-state index in [2.05, 4.69) is 0 Å². The molecule has 0 radical (unpaired) electrons. The molecule has 0 aromatic heterocycles. The fraction of sp³-hybridized carbons (Fsp3) is 0.316. The van der Waals surface area contributed by atoms with E-state index in [9.17, 15) is 13.2 Å². The van der Waals surface area contributed by atoms with Gasteiger partial charge in [0.25, 0.3) is 5.91 Å². The molecule has 1 atom stereocenters. The number of ether oxygens (including phenoxy) is 1. The molecule has 1 amide bonds. The van der Waals surface area contributed by atoms with Gasteiger partial charge in [-0.2, -0.15) is 0 Å². The van der Waals surface area contributed by atoms with Gasteiger partial charge >= 0.3 is 0 Å². The maximum Gasteiger partial charge on any atom is 0.254 e. The monoisotopic (exact) mass is 361 g/mol. The first-order valence-electron chi connectivity index (χ1n) is 7.99. The van der Waals surface area contributed by atoms with Crippen molar-refractivity contribution < 1.29 is 17.9 Å². The molecule has 0 N–H and O–H groups in total. The van der Waals surface area contributed by atoms with E-state index in [1.54, 1.807) is 48.4 Å². The van der Waals surface area contributed by atoms with Crippen LogP contribution in [0.5, 0.6) is 0 Å². The Morgan fingerprint density at radius 3 is 2.20 bits per heavy atom. The Bertz CT molecular complexity index is 801. The minimum atomic E-state index is -3.24. The quantitative estimate of drug-likeness (QED) is 0.761. The molecule has 0 aliphatic carbocycles. The highest BCUT2D eigenvalue weighted by Crippen LogP contribution is 2.23. The Labute approximate surface area is 149 Å². The van der Waals surface area contributed by atoms with E-state index in [0.717, 1.165) is 5.56 Å². The number of rotatable bonds is 7. The molecule has 0 aliphatic rings. The third-order valence-electron chi connectivity index (χ3n) is 4.08. The van der Waals surface area contributed by atoms with Crippen molar-refractivity contribution in [1.29, 1.82) is 0 Å². The van der Waals surface area contributed by atoms with Crippen LogP contribution in [0.3, 0.4) is 0 Å². The number of nitrogens with zero attached hydrogens (tertiary/aromatic N) is 1. The van der Waals surface area contributed by atoms with Gasteiger partial charge in [-0.25, -0.2) is 8.42 Å². The van der Waals surface area contributed by atoms with E-state index in [1.807, 2.05) is 25.1 Å². The number of carbonyl (C=O) groups is 1. The van der Waals surface area contributed by atoms with Crippen molar-refractivity contribution in [3.05, 3.63) is 65.7 Å². The summed E-state index contributed by atoms with van der Waals surface area (Å²) in [6.07, 6.45) is 1.18. The molecule has 0 heterocycles. The van der Waals surface area contributed by atoms with Gasteiger partial charge in [0.05, 0.1) is 17.5 Å². The first kappa shape index (κ1) is 19.1. The summed E-state index contributed by atoms with van der Waals surface area (Å²) >= 11 is 0. The molecule has 0 saturated heterocycles. The highest BCUT2D eigenvalue weighted by Gasteiger charge is 2.22. The SMILES string of the molecule is COCCN(C(=O)c1ccccc1)C(C)c1ccc(S(C)(=O)=O)cc1. The molecule has 2 aromatic carbocycles. The normalized spacial score (nSPS) is 12.6. The number of methoxy groups -OCH3 is 1. The van der Waals surface area contributed by atoms with E-state index in [4.69, 9.17) is 4.74 Å². The molecule has 6 heteroatoms. The van der Waals surface area contributed by atoms with Crippen LogP contribution < -0.4 is 0 Å². The van der Waals surface area contributed by atoms with Gasteiger partial charge in [-0.15, -0.1) is 0 Å². The van der Waals surface area contributed by atoms with Gasteiger partial charge in [-0.05, 0) is 36.8 Å². The largest absolute Gasteiger partial charge is 0.383 e. The number of hydrogen-bond donors (Lipinski definition) is 0. The van der Waals surface area contributed by atoms with Crippen molar-refractivity contribution >= 4 is 15.7 Å². The average molecular weight is 361 g/mol. The number of carbonyl (C=O) groups excluding carboxylic acids is 1. The lowest BCUT2D eigenvalue weighted by atomic mass is 10.1. The highest BCUT2D eigenvalue weighted by molar-refractivity contribution is 7.90. The predicted octanol–water partition coefficient (Wildman–Crippen LogP) is 2.94. The second-order valence-electron chi connectivity index (χ2n) is 5.87. The third kappa shape index (κ3) is 4.90. The second-order valence-corrected chi connectivity index (χ2v) is 7.89. The lowest BCUT2D eigenvalue weighted by Gasteiger charge is -2.29. The molecule has 25 heavy (non-hydrogen) atoms. The first-order chi connectivity index (χ1) is 11.8. The summed E-state index contributed by atoms with van der Waals surface area (Å²) in [6.45, 7) is 2.79. The van der Waals surface area contributed by atoms with Gasteiger partial charge in [-0.3, -0.25) is 4.79 Å². The standard InChI is InChI=1S/C19H23NO4S/c1-15(16-9-11-18(12-10-16)25(3,22)23)20(13-14-24-2)19(21)17-7-5-4-6-8-17/h4-12,15H,13-14H2,1-3H3. The van der Waals surface area contributed by atoms with Gasteiger partial charge in [0.15, 0.2) is 9.84 Å². The Morgan fingerprint density at radius 2 is 1.68 bits per heavy atom. The van der Waals surface area contributed by atoms with E-state index < -0.39 is 9.84 Å². The van der Waals surface area contributed by atoms with Gasteiger partial charge in [0, 0.05) is 25.5 Å². The topological polar surface area (TPSA) is 63.7 Å². The van der Waals surface area contributed by atoms with Crippen LogP contribution in [0.1, 0.15) is 28.9 Å². The fourth-order valence-corrected chi connectivity index (χ4v) is 3.21. The number of amides is 1. The lowest BCUT2D eigenvalue weighted by Crippen LogP contribution is -2.36. The molecular weight excluding hydrogens is 338 g/mol. The van der Waals surface area contributed by atoms with Crippen molar-refractivity contribution in [3.8, 4) is 0 Å². The summed E-state index contributed by atoms with van der Waals surface area (Å²) in [4.78, 5) is 14.9. The van der Waals surface area contributed by atoms with Crippen LogP contribution in [0.4, 0.5) is 0 Å². The van der Waals surface area contributed by atoms with Crippen LogP contribution in [0.2, 0.25) is 0 Å². The fourth-order valence-electron chi connectivity index (χ4n) is 2.58. The van der Waals surface area contributed by atoms with E-state index in [0.29, 0.717) is 18.7 Å². The number of sulfone groups is 1. The minimum Gasteiger partial charge on any atom is -0.383 e. The van der Waals surface area contributed by atoms with Crippen molar-refractivity contribution in [2.75, 3.05) is 26.5 Å².